The molecule has 0 radical (unpaired) electrons. The second-order valence-corrected chi connectivity index (χ2v) is 8.77. The van der Waals surface area contributed by atoms with Crippen molar-refractivity contribution in [2.45, 2.75) is 13.1 Å². The lowest BCUT2D eigenvalue weighted by molar-refractivity contribution is 0.961. The van der Waals surface area contributed by atoms with Crippen LogP contribution >= 0.6 is 49.6 Å². The van der Waals surface area contributed by atoms with Crippen LogP contribution in [0.15, 0.2) is 118 Å². The molecule has 2 heterocycles. The average molecular weight is 674 g/mol. The van der Waals surface area contributed by atoms with Gasteiger partial charge in [-0.3, -0.25) is 9.97 Å². The highest BCUT2D eigenvalue weighted by molar-refractivity contribution is 6.21. The first-order chi connectivity index (χ1) is 19.7. The highest BCUT2D eigenvalue weighted by Crippen LogP contribution is 2.31. The van der Waals surface area contributed by atoms with Crippen molar-refractivity contribution in [2.75, 3.05) is 0 Å². The summed E-state index contributed by atoms with van der Waals surface area (Å²) < 4.78 is 0. The topological polar surface area (TPSA) is 151 Å². The molecule has 0 aliphatic rings. The van der Waals surface area contributed by atoms with E-state index in [9.17, 15) is 0 Å². The number of nitrogens with two attached hydrogens (primary N) is 2. The Morgan fingerprint density at radius 2 is 0.864 bits per heavy atom. The van der Waals surface area contributed by atoms with Crippen molar-refractivity contribution >= 4 is 95.5 Å². The Morgan fingerprint density at radius 1 is 0.545 bits per heavy atom. The van der Waals surface area contributed by atoms with Crippen LogP contribution in [-0.4, -0.2) is 34.3 Å². The molecule has 0 unspecified atom stereocenters. The first-order valence-corrected chi connectivity index (χ1v) is 12.6. The molecule has 0 aliphatic carbocycles. The third-order valence-corrected chi connectivity index (χ3v) is 6.12. The number of fused-ring (bicyclic) bond motifs is 2. The molecule has 0 saturated heterocycles. The largest absolute Gasteiger partial charge is 0.369 e. The van der Waals surface area contributed by atoms with Gasteiger partial charge in [0.05, 0.1) is 25.5 Å². The van der Waals surface area contributed by atoms with Crippen molar-refractivity contribution in [3.8, 4) is 0 Å². The lowest BCUT2D eigenvalue weighted by Gasteiger charge is -2.12. The molecule has 0 amide bonds. The minimum atomic E-state index is 0. The summed E-state index contributed by atoms with van der Waals surface area (Å²) in [6, 6.07) is 23.8. The van der Waals surface area contributed by atoms with Crippen LogP contribution in [0.2, 0.25) is 0 Å². The van der Waals surface area contributed by atoms with E-state index in [1.807, 2.05) is 48.5 Å². The Labute approximate surface area is 279 Å². The Bertz CT molecular complexity index is 1550. The molecule has 0 aliphatic heterocycles. The highest BCUT2D eigenvalue weighted by atomic mass is 35.5. The van der Waals surface area contributed by atoms with Crippen molar-refractivity contribution in [2.24, 2.45) is 31.7 Å². The second kappa shape index (κ2) is 18.9. The molecular weight excluding hydrogens is 642 g/mol. The monoisotopic (exact) mass is 672 g/mol. The van der Waals surface area contributed by atoms with Gasteiger partial charge in [-0.25, -0.2) is 20.8 Å². The number of aromatic nitrogens is 2. The molecule has 5 rings (SSSR count). The number of aliphatic imine (C=N–C) groups is 2. The van der Waals surface area contributed by atoms with Gasteiger partial charge in [0.25, 0.3) is 0 Å². The highest BCUT2D eigenvalue weighted by Gasteiger charge is 2.11. The number of guanidine groups is 2. The zero-order valence-electron chi connectivity index (χ0n) is 23.3. The van der Waals surface area contributed by atoms with Gasteiger partial charge in [0.1, 0.15) is 0 Å². The van der Waals surface area contributed by atoms with Gasteiger partial charge in [-0.2, -0.15) is 10.2 Å². The van der Waals surface area contributed by atoms with E-state index >= 15 is 0 Å². The molecule has 14 heteroatoms. The van der Waals surface area contributed by atoms with E-state index in [0.717, 1.165) is 43.8 Å². The summed E-state index contributed by atoms with van der Waals surface area (Å²) in [5.74, 6) is 0.444. The molecular formula is C30H32Cl4N10. The zero-order valence-corrected chi connectivity index (χ0v) is 26.5. The van der Waals surface area contributed by atoms with Crippen LogP contribution in [-0.2, 0) is 13.1 Å². The van der Waals surface area contributed by atoms with Gasteiger partial charge in [0.2, 0.25) is 11.9 Å². The van der Waals surface area contributed by atoms with Gasteiger partial charge in [-0.05, 0) is 56.9 Å². The Hall–Kier alpha value is -4.48. The van der Waals surface area contributed by atoms with Crippen LogP contribution < -0.4 is 22.3 Å². The third kappa shape index (κ3) is 9.78. The summed E-state index contributed by atoms with van der Waals surface area (Å²) in [7, 11) is 0. The molecule has 2 aromatic heterocycles. The summed E-state index contributed by atoms with van der Waals surface area (Å²) in [6.45, 7) is 0.869. The number of hydrazone groups is 2. The fraction of sp³-hybridized carbons (Fsp3) is 0.0667. The van der Waals surface area contributed by atoms with Crippen LogP contribution in [0.25, 0.3) is 21.5 Å². The molecule has 6 N–H and O–H groups in total. The summed E-state index contributed by atoms with van der Waals surface area (Å²) in [6.07, 6.45) is 10.4. The molecule has 3 aromatic carbocycles. The first kappa shape index (κ1) is 37.5. The number of pyridine rings is 2. The Kier molecular flexibility index (Phi) is 16.2. The molecule has 0 saturated carbocycles. The van der Waals surface area contributed by atoms with Crippen molar-refractivity contribution in [1.82, 2.24) is 20.8 Å². The zero-order chi connectivity index (χ0) is 27.6. The smallest absolute Gasteiger partial charge is 0.209 e. The predicted octanol–water partition coefficient (Wildman–Crippen LogP) is 5.35. The molecule has 0 fully saturated rings. The third-order valence-electron chi connectivity index (χ3n) is 6.12. The van der Waals surface area contributed by atoms with Crippen LogP contribution in [0.4, 0.5) is 0 Å². The van der Waals surface area contributed by atoms with E-state index in [1.54, 1.807) is 37.2 Å². The SMILES string of the molecule is Cl.Cl.Cl.Cl.NC(=NCc1ccncc1)NN=Cc1c2ccccc2c(C=NNC(N)=NCc2ccncc2)c2ccccc12. The summed E-state index contributed by atoms with van der Waals surface area (Å²) in [4.78, 5) is 16.7. The minimum absolute atomic E-state index is 0. The van der Waals surface area contributed by atoms with Crippen molar-refractivity contribution in [3.63, 3.8) is 0 Å². The molecule has 0 bridgehead atoms. The summed E-state index contributed by atoms with van der Waals surface area (Å²) >= 11 is 0. The summed E-state index contributed by atoms with van der Waals surface area (Å²) in [5, 5.41) is 12.8. The van der Waals surface area contributed by atoms with E-state index < -0.39 is 0 Å². The lowest BCUT2D eigenvalue weighted by atomic mass is 9.92. The van der Waals surface area contributed by atoms with E-state index in [-0.39, 0.29) is 61.5 Å². The first-order valence-electron chi connectivity index (χ1n) is 12.6. The Balaban J connectivity index is 0.00000242. The van der Waals surface area contributed by atoms with E-state index in [4.69, 9.17) is 11.5 Å². The van der Waals surface area contributed by atoms with E-state index in [0.29, 0.717) is 13.1 Å². The quantitative estimate of drug-likeness (QED) is 0.0755. The van der Waals surface area contributed by atoms with Crippen molar-refractivity contribution in [1.29, 1.82) is 0 Å². The molecule has 0 spiro atoms. The second-order valence-electron chi connectivity index (χ2n) is 8.77. The number of nitrogens with one attached hydrogen (secondary N) is 2. The van der Waals surface area contributed by atoms with Gasteiger partial charge >= 0.3 is 0 Å². The molecule has 44 heavy (non-hydrogen) atoms. The van der Waals surface area contributed by atoms with Gasteiger partial charge in [-0.15, -0.1) is 49.6 Å². The van der Waals surface area contributed by atoms with Gasteiger partial charge < -0.3 is 11.5 Å². The number of nitrogens with zero attached hydrogens (tertiary/aromatic N) is 6. The fourth-order valence-electron chi connectivity index (χ4n) is 4.20. The van der Waals surface area contributed by atoms with Crippen LogP contribution in [0.5, 0.6) is 0 Å². The maximum Gasteiger partial charge on any atom is 0.209 e. The number of benzene rings is 3. The number of hydrogen-bond acceptors (Lipinski definition) is 6. The fourth-order valence-corrected chi connectivity index (χ4v) is 4.20. The average Bonchev–Trinajstić information content (AvgIpc) is 3.01. The van der Waals surface area contributed by atoms with Crippen LogP contribution in [0, 0.1) is 0 Å². The van der Waals surface area contributed by atoms with Crippen LogP contribution in [0.3, 0.4) is 0 Å². The van der Waals surface area contributed by atoms with Crippen molar-refractivity contribution < 1.29 is 0 Å². The van der Waals surface area contributed by atoms with Gasteiger partial charge in [0.15, 0.2) is 0 Å². The number of hydrogen-bond donors (Lipinski definition) is 4. The molecule has 0 atom stereocenters. The van der Waals surface area contributed by atoms with E-state index in [1.165, 1.54) is 0 Å². The Morgan fingerprint density at radius 3 is 1.18 bits per heavy atom. The normalized spacial score (nSPS) is 11.4. The molecule has 5 aromatic rings. The predicted molar refractivity (Wildman–Crippen MR) is 191 cm³/mol. The van der Waals surface area contributed by atoms with Crippen molar-refractivity contribution in [3.05, 3.63) is 120 Å². The van der Waals surface area contributed by atoms with Gasteiger partial charge in [0, 0.05) is 35.9 Å². The number of rotatable bonds is 8. The molecule has 10 nitrogen and oxygen atoms in total. The van der Waals surface area contributed by atoms with Gasteiger partial charge in [-0.1, -0.05) is 48.5 Å². The number of halogens is 4. The maximum absolute atomic E-state index is 6.03. The van der Waals surface area contributed by atoms with E-state index in [2.05, 4.69) is 65.3 Å². The summed E-state index contributed by atoms with van der Waals surface area (Å²) in [5.41, 5.74) is 21.6. The molecule has 230 valence electrons. The van der Waals surface area contributed by atoms with Crippen LogP contribution in [0.1, 0.15) is 22.3 Å². The standard InChI is InChI=1S/C30H28N10.4ClH/c31-29(35-17-21-9-13-33-14-10-21)39-37-19-27-23-5-1-2-6-24(23)28(26-8-4-3-7-25(26)27)20-38-40-30(32)36-18-22-11-15-34-16-12-22;;;;/h1-16,19-20H,17-18H2,(H3,31,35,39)(H3,32,36,40);4*1H. The minimum Gasteiger partial charge on any atom is -0.369 e. The maximum atomic E-state index is 6.03. The lowest BCUT2D eigenvalue weighted by Crippen LogP contribution is -2.27.